The molecule has 2 atom stereocenters. The molecule has 2 unspecified atom stereocenters. The van der Waals surface area contributed by atoms with Crippen molar-refractivity contribution in [1.82, 2.24) is 10.3 Å². The zero-order valence-electron chi connectivity index (χ0n) is 15.6. The number of carbonyl (C=O) groups excluding carboxylic acids is 1. The van der Waals surface area contributed by atoms with E-state index in [4.69, 9.17) is 16.3 Å². The first-order valence-corrected chi connectivity index (χ1v) is 9.28. The van der Waals surface area contributed by atoms with Gasteiger partial charge in [-0.2, -0.15) is 0 Å². The third-order valence-electron chi connectivity index (χ3n) is 4.41. The zero-order valence-corrected chi connectivity index (χ0v) is 16.3. The lowest BCUT2D eigenvalue weighted by Crippen LogP contribution is -2.45. The van der Waals surface area contributed by atoms with Crippen molar-refractivity contribution in [2.24, 2.45) is 0 Å². The second kappa shape index (κ2) is 8.53. The lowest BCUT2D eigenvalue weighted by Gasteiger charge is -2.36. The number of hydrogen-bond donors (Lipinski definition) is 1. The molecule has 1 aliphatic heterocycles. The molecule has 1 saturated heterocycles. The largest absolute Gasteiger partial charge is 0.372 e. The predicted octanol–water partition coefficient (Wildman–Crippen LogP) is 3.19. The quantitative estimate of drug-likeness (QED) is 0.607. The van der Waals surface area contributed by atoms with E-state index in [1.165, 1.54) is 12.1 Å². The molecule has 2 aromatic rings. The number of hydrogen-bond acceptors (Lipinski definition) is 6. The van der Waals surface area contributed by atoms with E-state index in [0.717, 1.165) is 30.5 Å². The van der Waals surface area contributed by atoms with E-state index >= 15 is 0 Å². The van der Waals surface area contributed by atoms with Crippen LogP contribution in [0.5, 0.6) is 0 Å². The van der Waals surface area contributed by atoms with Crippen molar-refractivity contribution < 1.29 is 14.5 Å². The third kappa shape index (κ3) is 4.76. The van der Waals surface area contributed by atoms with Crippen molar-refractivity contribution in [3.8, 4) is 0 Å². The number of morpholine rings is 1. The number of ether oxygens (including phenoxy) is 1. The zero-order chi connectivity index (χ0) is 20.3. The summed E-state index contributed by atoms with van der Waals surface area (Å²) in [4.78, 5) is 29.2. The number of non-ortho nitro benzene ring substituents is 1. The Hall–Kier alpha value is -2.71. The van der Waals surface area contributed by atoms with Crippen molar-refractivity contribution in [3.63, 3.8) is 0 Å². The second-order valence-corrected chi connectivity index (χ2v) is 7.20. The van der Waals surface area contributed by atoms with Gasteiger partial charge < -0.3 is 15.0 Å². The van der Waals surface area contributed by atoms with Gasteiger partial charge >= 0.3 is 0 Å². The Bertz CT molecular complexity index is 865. The van der Waals surface area contributed by atoms with Crippen LogP contribution in [0.1, 0.15) is 29.8 Å². The molecule has 28 heavy (non-hydrogen) atoms. The maximum absolute atomic E-state index is 12.3. The minimum atomic E-state index is -0.559. The number of nitrogens with one attached hydrogen (secondary N) is 1. The first kappa shape index (κ1) is 20.0. The van der Waals surface area contributed by atoms with Crippen LogP contribution in [0, 0.1) is 10.1 Å². The van der Waals surface area contributed by atoms with Gasteiger partial charge in [-0.1, -0.05) is 17.7 Å². The molecule has 148 valence electrons. The highest BCUT2D eigenvalue weighted by atomic mass is 35.5. The van der Waals surface area contributed by atoms with Gasteiger partial charge in [0.1, 0.15) is 5.82 Å². The Morgan fingerprint density at radius 2 is 2.04 bits per heavy atom. The van der Waals surface area contributed by atoms with Gasteiger partial charge in [-0.15, -0.1) is 0 Å². The minimum Gasteiger partial charge on any atom is -0.372 e. The van der Waals surface area contributed by atoms with E-state index in [-0.39, 0.29) is 35.0 Å². The molecular formula is C19H21ClN4O4. The fourth-order valence-corrected chi connectivity index (χ4v) is 3.41. The van der Waals surface area contributed by atoms with Crippen LogP contribution < -0.4 is 10.2 Å². The number of rotatable bonds is 5. The van der Waals surface area contributed by atoms with Gasteiger partial charge in [0.25, 0.3) is 11.6 Å². The Kier molecular flexibility index (Phi) is 6.11. The smallest absolute Gasteiger partial charge is 0.270 e. The molecular weight excluding hydrogens is 384 g/mol. The van der Waals surface area contributed by atoms with Crippen LogP contribution in [-0.4, -0.2) is 41.1 Å². The number of nitrogens with zero attached hydrogens (tertiary/aromatic N) is 3. The molecule has 1 fully saturated rings. The Balaban J connectivity index is 1.60. The number of aromatic nitrogens is 1. The number of pyridine rings is 1. The van der Waals surface area contributed by atoms with E-state index in [1.54, 1.807) is 6.20 Å². The highest BCUT2D eigenvalue weighted by Crippen LogP contribution is 2.22. The van der Waals surface area contributed by atoms with Gasteiger partial charge in [0, 0.05) is 38.0 Å². The normalized spacial score (nSPS) is 19.3. The second-order valence-electron chi connectivity index (χ2n) is 6.79. The van der Waals surface area contributed by atoms with Crippen LogP contribution in [0.15, 0.2) is 36.5 Å². The van der Waals surface area contributed by atoms with Crippen LogP contribution in [0.25, 0.3) is 0 Å². The van der Waals surface area contributed by atoms with Crippen LogP contribution in [0.3, 0.4) is 0 Å². The average Bonchev–Trinajstić information content (AvgIpc) is 2.65. The van der Waals surface area contributed by atoms with Crippen molar-refractivity contribution in [2.45, 2.75) is 32.6 Å². The standard InChI is InChI=1S/C19H21ClN4O4/c1-12-10-23(11-13(2)28-12)18-6-3-14(8-21-18)9-22-19(25)16-5-4-15(24(26)27)7-17(16)20/h3-8,12-13H,9-11H2,1-2H3,(H,22,25). The summed E-state index contributed by atoms with van der Waals surface area (Å²) in [6.45, 7) is 5.92. The van der Waals surface area contributed by atoms with Crippen molar-refractivity contribution in [2.75, 3.05) is 18.0 Å². The van der Waals surface area contributed by atoms with Gasteiger partial charge in [0.05, 0.1) is 27.7 Å². The lowest BCUT2D eigenvalue weighted by molar-refractivity contribution is -0.384. The van der Waals surface area contributed by atoms with E-state index in [9.17, 15) is 14.9 Å². The minimum absolute atomic E-state index is 0.0377. The third-order valence-corrected chi connectivity index (χ3v) is 4.73. The van der Waals surface area contributed by atoms with Gasteiger partial charge in [-0.05, 0) is 31.5 Å². The molecule has 0 radical (unpaired) electrons. The first-order chi connectivity index (χ1) is 13.3. The van der Waals surface area contributed by atoms with Crippen LogP contribution in [0.4, 0.5) is 11.5 Å². The number of carbonyl (C=O) groups is 1. The number of amides is 1. The summed E-state index contributed by atoms with van der Waals surface area (Å²) < 4.78 is 5.73. The highest BCUT2D eigenvalue weighted by molar-refractivity contribution is 6.34. The summed E-state index contributed by atoms with van der Waals surface area (Å²) in [6.07, 6.45) is 2.02. The fraction of sp³-hybridized carbons (Fsp3) is 0.368. The topological polar surface area (TPSA) is 97.6 Å². The van der Waals surface area contributed by atoms with E-state index in [2.05, 4.69) is 15.2 Å². The molecule has 2 heterocycles. The average molecular weight is 405 g/mol. The summed E-state index contributed by atoms with van der Waals surface area (Å²) in [5.74, 6) is 0.468. The monoisotopic (exact) mass is 404 g/mol. The Morgan fingerprint density at radius 1 is 1.32 bits per heavy atom. The molecule has 0 saturated carbocycles. The van der Waals surface area contributed by atoms with Gasteiger partial charge in [0.2, 0.25) is 0 Å². The first-order valence-electron chi connectivity index (χ1n) is 8.91. The molecule has 1 aliphatic rings. The summed E-state index contributed by atoms with van der Waals surface area (Å²) in [6, 6.07) is 7.59. The maximum Gasteiger partial charge on any atom is 0.270 e. The number of nitro benzene ring substituents is 1. The van der Waals surface area contributed by atoms with Gasteiger partial charge in [-0.3, -0.25) is 14.9 Å². The summed E-state index contributed by atoms with van der Waals surface area (Å²) >= 11 is 5.99. The summed E-state index contributed by atoms with van der Waals surface area (Å²) in [5, 5.41) is 13.5. The molecule has 3 rings (SSSR count). The SMILES string of the molecule is CC1CN(c2ccc(CNC(=O)c3ccc([N+](=O)[O-])cc3Cl)cn2)CC(C)O1. The van der Waals surface area contributed by atoms with Crippen LogP contribution >= 0.6 is 11.6 Å². The van der Waals surface area contributed by atoms with E-state index < -0.39 is 10.8 Å². The maximum atomic E-state index is 12.3. The molecule has 1 N–H and O–H groups in total. The highest BCUT2D eigenvalue weighted by Gasteiger charge is 2.23. The predicted molar refractivity (Wildman–Crippen MR) is 106 cm³/mol. The fourth-order valence-electron chi connectivity index (χ4n) is 3.15. The number of nitro groups is 1. The number of halogens is 1. The summed E-state index contributed by atoms with van der Waals surface area (Å²) in [5.41, 5.74) is 0.866. The molecule has 0 bridgehead atoms. The molecule has 1 aromatic carbocycles. The van der Waals surface area contributed by atoms with Crippen molar-refractivity contribution in [1.29, 1.82) is 0 Å². The molecule has 9 heteroatoms. The van der Waals surface area contributed by atoms with E-state index in [0.29, 0.717) is 0 Å². The van der Waals surface area contributed by atoms with Gasteiger partial charge in [-0.25, -0.2) is 4.98 Å². The van der Waals surface area contributed by atoms with Gasteiger partial charge in [0.15, 0.2) is 0 Å². The molecule has 8 nitrogen and oxygen atoms in total. The van der Waals surface area contributed by atoms with Crippen LogP contribution in [-0.2, 0) is 11.3 Å². The summed E-state index contributed by atoms with van der Waals surface area (Å²) in [7, 11) is 0. The Morgan fingerprint density at radius 3 is 2.61 bits per heavy atom. The molecule has 1 amide bonds. The Labute approximate surface area is 167 Å². The number of benzene rings is 1. The lowest BCUT2D eigenvalue weighted by atomic mass is 10.2. The van der Waals surface area contributed by atoms with Crippen LogP contribution in [0.2, 0.25) is 5.02 Å². The molecule has 0 aliphatic carbocycles. The molecule has 0 spiro atoms. The van der Waals surface area contributed by atoms with Crippen molar-refractivity contribution >= 4 is 29.0 Å². The molecule has 1 aromatic heterocycles. The van der Waals surface area contributed by atoms with Crippen molar-refractivity contribution in [3.05, 3.63) is 62.8 Å². The number of anilines is 1. The van der Waals surface area contributed by atoms with E-state index in [1.807, 2.05) is 26.0 Å².